The minimum absolute atomic E-state index is 0. The Morgan fingerprint density at radius 2 is 2.05 bits per heavy atom. The number of hydrogen-bond acceptors (Lipinski definition) is 1. The van der Waals surface area contributed by atoms with E-state index < -0.39 is 0 Å². The first kappa shape index (κ1) is 14.9. The molecule has 0 fully saturated rings. The Hall–Kier alpha value is -1.50. The fourth-order valence-corrected chi connectivity index (χ4v) is 2.85. The summed E-state index contributed by atoms with van der Waals surface area (Å²) >= 11 is 5.94. The summed E-state index contributed by atoms with van der Waals surface area (Å²) in [5.41, 5.74) is 2.41. The molecule has 2 heterocycles. The van der Waals surface area contributed by atoms with Crippen LogP contribution in [0.4, 0.5) is 0 Å². The van der Waals surface area contributed by atoms with Gasteiger partial charge in [0.2, 0.25) is 0 Å². The number of aromatic nitrogens is 2. The molecule has 104 valence electrons. The van der Waals surface area contributed by atoms with Gasteiger partial charge in [0, 0.05) is 10.6 Å². The van der Waals surface area contributed by atoms with Crippen LogP contribution in [0.5, 0.6) is 0 Å². The summed E-state index contributed by atoms with van der Waals surface area (Å²) in [5.74, 6) is 1.33. The highest BCUT2D eigenvalue weighted by Crippen LogP contribution is 2.25. The van der Waals surface area contributed by atoms with E-state index >= 15 is 0 Å². The van der Waals surface area contributed by atoms with Crippen LogP contribution in [0, 0.1) is 11.3 Å². The van der Waals surface area contributed by atoms with Crippen LogP contribution >= 0.6 is 11.6 Å². The Balaban J connectivity index is 0.00000147. The Labute approximate surface area is 129 Å². The van der Waals surface area contributed by atoms with Gasteiger partial charge in [-0.25, -0.2) is 9.13 Å². The largest absolute Gasteiger partial charge is 1.00 e. The Morgan fingerprint density at radius 3 is 2.75 bits per heavy atom. The zero-order valence-electron chi connectivity index (χ0n) is 11.0. The van der Waals surface area contributed by atoms with Gasteiger partial charge in [-0.1, -0.05) is 11.6 Å². The van der Waals surface area contributed by atoms with Crippen molar-refractivity contribution >= 4 is 11.6 Å². The van der Waals surface area contributed by atoms with Crippen LogP contribution in [0.25, 0.3) is 11.3 Å². The second-order valence-electron chi connectivity index (χ2n) is 4.79. The summed E-state index contributed by atoms with van der Waals surface area (Å²) in [4.78, 5) is 0. The molecule has 0 saturated heterocycles. The average Bonchev–Trinajstić information content (AvgIpc) is 3.00. The van der Waals surface area contributed by atoms with Crippen LogP contribution in [-0.4, -0.2) is 4.57 Å². The number of benzene rings is 1. The highest BCUT2D eigenvalue weighted by Gasteiger charge is 2.28. The van der Waals surface area contributed by atoms with Crippen molar-refractivity contribution < 1.29 is 17.0 Å². The standard InChI is InChI=1S/C15H15ClN3.ClH/c16-13-6-4-12(5-7-13)14-11-18(9-2-8-17)15-3-1-10-19(14)15;/h4-7,11H,1-3,9-10H2;1H/q+1;/p-1. The van der Waals surface area contributed by atoms with Gasteiger partial charge in [0.1, 0.15) is 12.7 Å². The molecule has 0 amide bonds. The lowest BCUT2D eigenvalue weighted by atomic mass is 10.2. The van der Waals surface area contributed by atoms with E-state index in [1.54, 1.807) is 0 Å². The molecule has 3 rings (SSSR count). The molecule has 0 aliphatic carbocycles. The lowest BCUT2D eigenvalue weighted by Gasteiger charge is -1.98. The molecule has 5 heteroatoms. The minimum Gasteiger partial charge on any atom is -1.00 e. The predicted octanol–water partition coefficient (Wildman–Crippen LogP) is -0.0401. The van der Waals surface area contributed by atoms with E-state index in [2.05, 4.69) is 33.5 Å². The third-order valence-corrected chi connectivity index (χ3v) is 3.85. The average molecular weight is 308 g/mol. The number of nitriles is 1. The van der Waals surface area contributed by atoms with Gasteiger partial charge in [-0.3, -0.25) is 0 Å². The van der Waals surface area contributed by atoms with E-state index in [0.29, 0.717) is 6.42 Å². The van der Waals surface area contributed by atoms with Crippen LogP contribution in [-0.2, 0) is 19.5 Å². The number of hydrogen-bond donors (Lipinski definition) is 0. The molecule has 2 aromatic rings. The molecule has 1 aromatic carbocycles. The first-order valence-corrected chi connectivity index (χ1v) is 6.92. The molecule has 1 aromatic heterocycles. The molecular weight excluding hydrogens is 293 g/mol. The van der Waals surface area contributed by atoms with Crippen molar-refractivity contribution in [3.05, 3.63) is 41.3 Å². The zero-order valence-corrected chi connectivity index (χ0v) is 12.5. The van der Waals surface area contributed by atoms with Gasteiger partial charge < -0.3 is 12.4 Å². The predicted molar refractivity (Wildman–Crippen MR) is 73.6 cm³/mol. The molecular formula is C15H15Cl2N3. The molecule has 0 N–H and O–H groups in total. The molecule has 0 saturated carbocycles. The first-order valence-electron chi connectivity index (χ1n) is 6.54. The molecule has 20 heavy (non-hydrogen) atoms. The third-order valence-electron chi connectivity index (χ3n) is 3.60. The number of fused-ring (bicyclic) bond motifs is 1. The Kier molecular flexibility index (Phi) is 4.69. The molecule has 1 aliphatic rings. The fraction of sp³-hybridized carbons (Fsp3) is 0.333. The van der Waals surface area contributed by atoms with E-state index in [-0.39, 0.29) is 12.4 Å². The van der Waals surface area contributed by atoms with E-state index in [1.807, 2.05) is 12.1 Å². The highest BCUT2D eigenvalue weighted by molar-refractivity contribution is 6.30. The van der Waals surface area contributed by atoms with Crippen LogP contribution in [0.15, 0.2) is 30.5 Å². The molecule has 3 nitrogen and oxygen atoms in total. The number of rotatable bonds is 3. The van der Waals surface area contributed by atoms with E-state index in [0.717, 1.165) is 24.5 Å². The summed E-state index contributed by atoms with van der Waals surface area (Å²) in [6, 6.07) is 10.2. The van der Waals surface area contributed by atoms with Crippen LogP contribution in [0.2, 0.25) is 5.02 Å². The van der Waals surface area contributed by atoms with Gasteiger partial charge in [-0.15, -0.1) is 0 Å². The molecule has 0 radical (unpaired) electrons. The van der Waals surface area contributed by atoms with E-state index in [4.69, 9.17) is 16.9 Å². The Morgan fingerprint density at radius 1 is 1.30 bits per heavy atom. The number of nitrogens with zero attached hydrogens (tertiary/aromatic N) is 3. The van der Waals surface area contributed by atoms with Crippen molar-refractivity contribution in [2.45, 2.75) is 32.4 Å². The summed E-state index contributed by atoms with van der Waals surface area (Å²) in [5, 5.41) is 9.50. The quantitative estimate of drug-likeness (QED) is 0.733. The maximum atomic E-state index is 8.75. The maximum Gasteiger partial charge on any atom is 0.257 e. The van der Waals surface area contributed by atoms with Crippen molar-refractivity contribution in [3.63, 3.8) is 0 Å². The van der Waals surface area contributed by atoms with Crippen LogP contribution < -0.4 is 17.0 Å². The third kappa shape index (κ3) is 2.67. The van der Waals surface area contributed by atoms with Crippen molar-refractivity contribution in [1.29, 1.82) is 5.26 Å². The van der Waals surface area contributed by atoms with Gasteiger partial charge in [-0.05, 0) is 30.7 Å². The van der Waals surface area contributed by atoms with Gasteiger partial charge in [0.25, 0.3) is 5.82 Å². The van der Waals surface area contributed by atoms with Crippen molar-refractivity contribution in [1.82, 2.24) is 4.57 Å². The lowest BCUT2D eigenvalue weighted by Crippen LogP contribution is -3.00. The molecule has 0 unspecified atom stereocenters. The van der Waals surface area contributed by atoms with Crippen molar-refractivity contribution in [2.24, 2.45) is 0 Å². The SMILES string of the molecule is N#CCC[n+]1cc(-c2ccc(Cl)cc2)n2c1CCC2.[Cl-]. The number of imidazole rings is 1. The minimum atomic E-state index is 0. The van der Waals surface area contributed by atoms with Crippen LogP contribution in [0.3, 0.4) is 0 Å². The number of aryl methyl sites for hydroxylation is 1. The highest BCUT2D eigenvalue weighted by atomic mass is 35.5. The Bertz CT molecular complexity index is 638. The smallest absolute Gasteiger partial charge is 0.257 e. The number of halogens is 2. The van der Waals surface area contributed by atoms with Gasteiger partial charge >= 0.3 is 0 Å². The van der Waals surface area contributed by atoms with E-state index in [1.165, 1.54) is 23.5 Å². The first-order chi connectivity index (χ1) is 9.29. The summed E-state index contributed by atoms with van der Waals surface area (Å²) in [7, 11) is 0. The molecule has 1 aliphatic heterocycles. The fourth-order valence-electron chi connectivity index (χ4n) is 2.72. The second-order valence-corrected chi connectivity index (χ2v) is 5.23. The summed E-state index contributed by atoms with van der Waals surface area (Å²) < 4.78 is 4.58. The lowest BCUT2D eigenvalue weighted by molar-refractivity contribution is -0.701. The van der Waals surface area contributed by atoms with Crippen LogP contribution in [0.1, 0.15) is 18.7 Å². The van der Waals surface area contributed by atoms with Crippen molar-refractivity contribution in [2.75, 3.05) is 0 Å². The van der Waals surface area contributed by atoms with E-state index in [9.17, 15) is 0 Å². The summed E-state index contributed by atoms with van der Waals surface area (Å²) in [6.07, 6.45) is 5.00. The van der Waals surface area contributed by atoms with Gasteiger partial charge in [-0.2, -0.15) is 5.26 Å². The van der Waals surface area contributed by atoms with Crippen molar-refractivity contribution in [3.8, 4) is 17.3 Å². The van der Waals surface area contributed by atoms with Gasteiger partial charge in [0.15, 0.2) is 5.69 Å². The summed E-state index contributed by atoms with van der Waals surface area (Å²) in [6.45, 7) is 1.84. The zero-order chi connectivity index (χ0) is 13.2. The monoisotopic (exact) mass is 307 g/mol. The normalized spacial score (nSPS) is 12.6. The van der Waals surface area contributed by atoms with Gasteiger partial charge in [0.05, 0.1) is 25.5 Å². The molecule has 0 bridgehead atoms. The maximum absolute atomic E-state index is 8.75. The molecule has 0 spiro atoms. The molecule has 0 atom stereocenters. The second kappa shape index (κ2) is 6.30. The topological polar surface area (TPSA) is 32.6 Å².